The smallest absolute Gasteiger partial charge is 0.0345 e. The first-order valence-corrected chi connectivity index (χ1v) is 13.1. The third kappa shape index (κ3) is 5.53. The topological polar surface area (TPSA) is 0 Å². The largest absolute Gasteiger partial charge is 0.141 e. The fraction of sp³-hybridized carbons (Fsp3) is 0.0625. The third-order valence-electron chi connectivity index (χ3n) is 5.74. The number of hydrogen-bond acceptors (Lipinski definition) is 2. The molecule has 0 aliphatic heterocycles. The second kappa shape index (κ2) is 10.2. The minimum absolute atomic E-state index is 1.20. The summed E-state index contributed by atoms with van der Waals surface area (Å²) in [6.07, 6.45) is 8.68. The molecule has 2 heteroatoms. The van der Waals surface area contributed by atoms with Gasteiger partial charge in [-0.3, -0.25) is 0 Å². The van der Waals surface area contributed by atoms with Crippen LogP contribution in [0.4, 0.5) is 0 Å². The van der Waals surface area contributed by atoms with E-state index in [9.17, 15) is 0 Å². The summed E-state index contributed by atoms with van der Waals surface area (Å²) in [5, 5.41) is 0. The lowest BCUT2D eigenvalue weighted by Crippen LogP contribution is -1.77. The van der Waals surface area contributed by atoms with Crippen molar-refractivity contribution in [1.82, 2.24) is 0 Å². The fourth-order valence-electron chi connectivity index (χ4n) is 3.80. The first-order chi connectivity index (χ1) is 16.6. The van der Waals surface area contributed by atoms with Gasteiger partial charge in [0.05, 0.1) is 0 Å². The van der Waals surface area contributed by atoms with Gasteiger partial charge in [-0.05, 0) is 71.5 Å². The molecule has 0 radical (unpaired) electrons. The molecule has 0 unspecified atom stereocenters. The van der Waals surface area contributed by atoms with E-state index in [-0.39, 0.29) is 0 Å². The number of rotatable bonds is 6. The second-order valence-corrected chi connectivity index (χ2v) is 11.0. The maximum atomic E-state index is 2.20. The van der Waals surface area contributed by atoms with Crippen LogP contribution in [0.1, 0.15) is 32.0 Å². The van der Waals surface area contributed by atoms with Crippen LogP contribution in [0, 0.1) is 13.8 Å². The first-order valence-electron chi connectivity index (χ1n) is 11.4. The number of thiophene rings is 2. The van der Waals surface area contributed by atoms with Gasteiger partial charge in [0, 0.05) is 19.5 Å². The van der Waals surface area contributed by atoms with Crippen LogP contribution in [0.2, 0.25) is 0 Å². The summed E-state index contributed by atoms with van der Waals surface area (Å²) in [6, 6.07) is 35.0. The summed E-state index contributed by atoms with van der Waals surface area (Å²) in [7, 11) is 0. The third-order valence-corrected chi connectivity index (χ3v) is 7.84. The molecule has 2 heterocycles. The molecular weight excluding hydrogens is 448 g/mol. The Bertz CT molecular complexity index is 1310. The molecule has 0 nitrogen and oxygen atoms in total. The minimum Gasteiger partial charge on any atom is -0.141 e. The normalized spacial score (nSPS) is 11.6. The predicted octanol–water partition coefficient (Wildman–Crippen LogP) is 10.1. The zero-order chi connectivity index (χ0) is 23.3. The van der Waals surface area contributed by atoms with Gasteiger partial charge >= 0.3 is 0 Å². The molecule has 166 valence electrons. The van der Waals surface area contributed by atoms with Crippen LogP contribution >= 0.6 is 22.7 Å². The Morgan fingerprint density at radius 2 is 0.676 bits per heavy atom. The van der Waals surface area contributed by atoms with Crippen molar-refractivity contribution >= 4 is 47.0 Å². The molecule has 0 bridgehead atoms. The highest BCUT2D eigenvalue weighted by molar-refractivity contribution is 7.15. The molecule has 3 aromatic carbocycles. The molecule has 34 heavy (non-hydrogen) atoms. The van der Waals surface area contributed by atoms with E-state index in [4.69, 9.17) is 0 Å². The van der Waals surface area contributed by atoms with Crippen molar-refractivity contribution in [3.8, 4) is 20.9 Å². The maximum Gasteiger partial charge on any atom is 0.0345 e. The predicted molar refractivity (Wildman–Crippen MR) is 153 cm³/mol. The van der Waals surface area contributed by atoms with Gasteiger partial charge in [-0.2, -0.15) is 0 Å². The van der Waals surface area contributed by atoms with E-state index in [1.165, 1.54) is 52.9 Å². The van der Waals surface area contributed by atoms with Gasteiger partial charge in [0.15, 0.2) is 0 Å². The summed E-state index contributed by atoms with van der Waals surface area (Å²) in [5.41, 5.74) is 7.38. The molecule has 0 aliphatic rings. The van der Waals surface area contributed by atoms with Crippen molar-refractivity contribution in [2.24, 2.45) is 0 Å². The lowest BCUT2D eigenvalue weighted by molar-refractivity contribution is 1.61. The Morgan fingerprint density at radius 3 is 0.941 bits per heavy atom. The zero-order valence-electron chi connectivity index (χ0n) is 19.4. The van der Waals surface area contributed by atoms with Crippen molar-refractivity contribution in [3.63, 3.8) is 0 Å². The van der Waals surface area contributed by atoms with Gasteiger partial charge in [-0.25, -0.2) is 0 Å². The molecule has 0 atom stereocenters. The number of benzene rings is 3. The molecule has 0 saturated carbocycles. The molecule has 0 aliphatic carbocycles. The Hall–Kier alpha value is -3.46. The Kier molecular flexibility index (Phi) is 6.71. The van der Waals surface area contributed by atoms with E-state index in [1.54, 1.807) is 0 Å². The van der Waals surface area contributed by atoms with E-state index in [0.717, 1.165) is 0 Å². The van der Waals surface area contributed by atoms with Gasteiger partial charge in [-0.1, -0.05) is 97.1 Å². The van der Waals surface area contributed by atoms with Crippen LogP contribution in [-0.2, 0) is 0 Å². The zero-order valence-corrected chi connectivity index (χ0v) is 21.0. The molecule has 0 saturated heterocycles. The molecule has 0 spiro atoms. The van der Waals surface area contributed by atoms with Crippen LogP contribution < -0.4 is 0 Å². The standard InChI is InChI=1S/C32H26S2/c1-23-3-21-31(33-23)29-17-13-27(14-18-29)11-9-25-5-7-26(8-6-25)10-12-28-15-19-30(20-16-28)32-22-4-24(2)34-32/h3-22H,1-2H3. The highest BCUT2D eigenvalue weighted by Crippen LogP contribution is 2.29. The van der Waals surface area contributed by atoms with Gasteiger partial charge in [0.1, 0.15) is 0 Å². The van der Waals surface area contributed by atoms with Gasteiger partial charge in [0.2, 0.25) is 0 Å². The second-order valence-electron chi connectivity index (χ2n) is 8.40. The van der Waals surface area contributed by atoms with Gasteiger partial charge in [-0.15, -0.1) is 22.7 Å². The Labute approximate surface area is 210 Å². The molecular formula is C32H26S2. The van der Waals surface area contributed by atoms with Crippen LogP contribution in [-0.4, -0.2) is 0 Å². The van der Waals surface area contributed by atoms with Crippen LogP contribution in [0.25, 0.3) is 45.2 Å². The Balaban J connectivity index is 1.20. The van der Waals surface area contributed by atoms with E-state index in [1.807, 2.05) is 22.7 Å². The first kappa shape index (κ1) is 22.3. The average Bonchev–Trinajstić information content (AvgIpc) is 3.51. The van der Waals surface area contributed by atoms with E-state index < -0.39 is 0 Å². The molecule has 0 amide bonds. The Morgan fingerprint density at radius 1 is 0.382 bits per heavy atom. The van der Waals surface area contributed by atoms with Crippen molar-refractivity contribution in [2.45, 2.75) is 13.8 Å². The molecule has 5 rings (SSSR count). The summed E-state index contributed by atoms with van der Waals surface area (Å²) in [6.45, 7) is 4.30. The summed E-state index contributed by atoms with van der Waals surface area (Å²) >= 11 is 3.68. The maximum absolute atomic E-state index is 2.20. The highest BCUT2D eigenvalue weighted by Gasteiger charge is 2.01. The molecule has 5 aromatic rings. The molecule has 0 N–H and O–H groups in total. The van der Waals surface area contributed by atoms with Crippen molar-refractivity contribution in [2.75, 3.05) is 0 Å². The van der Waals surface area contributed by atoms with Crippen LogP contribution in [0.15, 0.2) is 97.1 Å². The van der Waals surface area contributed by atoms with E-state index >= 15 is 0 Å². The number of aryl methyl sites for hydroxylation is 2. The summed E-state index contributed by atoms with van der Waals surface area (Å²) in [5.74, 6) is 0. The quantitative estimate of drug-likeness (QED) is 0.215. The van der Waals surface area contributed by atoms with Crippen molar-refractivity contribution in [1.29, 1.82) is 0 Å². The van der Waals surface area contributed by atoms with Crippen molar-refractivity contribution < 1.29 is 0 Å². The lowest BCUT2D eigenvalue weighted by atomic mass is 10.1. The van der Waals surface area contributed by atoms with Gasteiger partial charge in [0.25, 0.3) is 0 Å². The highest BCUT2D eigenvalue weighted by atomic mass is 32.1. The monoisotopic (exact) mass is 474 g/mol. The van der Waals surface area contributed by atoms with Gasteiger partial charge < -0.3 is 0 Å². The number of hydrogen-bond donors (Lipinski definition) is 0. The summed E-state index contributed by atoms with van der Waals surface area (Å²) < 4.78 is 0. The average molecular weight is 475 g/mol. The summed E-state index contributed by atoms with van der Waals surface area (Å²) in [4.78, 5) is 5.34. The SMILES string of the molecule is Cc1ccc(-c2ccc(C=Cc3ccc(C=Cc4ccc(-c5ccc(C)s5)cc4)cc3)cc2)s1. The van der Waals surface area contributed by atoms with E-state index in [2.05, 4.69) is 135 Å². The van der Waals surface area contributed by atoms with Crippen LogP contribution in [0.5, 0.6) is 0 Å². The van der Waals surface area contributed by atoms with Crippen molar-refractivity contribution in [3.05, 3.63) is 129 Å². The minimum atomic E-state index is 1.20. The molecule has 0 fully saturated rings. The van der Waals surface area contributed by atoms with Crippen LogP contribution in [0.3, 0.4) is 0 Å². The lowest BCUT2D eigenvalue weighted by Gasteiger charge is -2.00. The molecule has 2 aromatic heterocycles. The van der Waals surface area contributed by atoms with E-state index in [0.29, 0.717) is 0 Å². The fourth-order valence-corrected chi connectivity index (χ4v) is 5.55.